The van der Waals surface area contributed by atoms with E-state index in [0.29, 0.717) is 6.54 Å². The summed E-state index contributed by atoms with van der Waals surface area (Å²) < 4.78 is 0. The predicted molar refractivity (Wildman–Crippen MR) is 94.7 cm³/mol. The van der Waals surface area contributed by atoms with Crippen molar-refractivity contribution in [3.63, 3.8) is 0 Å². The second kappa shape index (κ2) is 7.34. The first-order valence-electron chi connectivity index (χ1n) is 8.63. The molecular weight excluding hydrogens is 304 g/mol. The predicted octanol–water partition coefficient (Wildman–Crippen LogP) is 3.13. The first-order chi connectivity index (χ1) is 11.3. The van der Waals surface area contributed by atoms with E-state index in [0.717, 1.165) is 5.69 Å². The van der Waals surface area contributed by atoms with E-state index in [-0.39, 0.29) is 29.8 Å². The Bertz CT molecular complexity index is 586. The minimum Gasteiger partial charge on any atom is -0.392 e. The highest BCUT2D eigenvalue weighted by Crippen LogP contribution is 2.29. The van der Waals surface area contributed by atoms with Gasteiger partial charge in [-0.3, -0.25) is 14.6 Å². The molecule has 1 aliphatic rings. The Balaban J connectivity index is 2.29. The number of para-hydroxylation sites is 1. The number of nitrogens with zero attached hydrogens (tertiary/aromatic N) is 2. The second-order valence-electron chi connectivity index (χ2n) is 7.27. The quantitative estimate of drug-likeness (QED) is 0.901. The van der Waals surface area contributed by atoms with Crippen LogP contribution in [0.4, 0.5) is 10.5 Å². The van der Waals surface area contributed by atoms with Crippen LogP contribution in [-0.4, -0.2) is 40.6 Å². The Kier molecular flexibility index (Phi) is 5.65. The molecule has 1 fully saturated rings. The van der Waals surface area contributed by atoms with Crippen LogP contribution < -0.4 is 4.90 Å². The number of urea groups is 1. The molecule has 1 aliphatic heterocycles. The number of hydrogen-bond donors (Lipinski definition) is 1. The smallest absolute Gasteiger partial charge is 0.331 e. The second-order valence-corrected chi connectivity index (χ2v) is 7.27. The maximum atomic E-state index is 12.9. The van der Waals surface area contributed by atoms with Gasteiger partial charge in [-0.15, -0.1) is 0 Å². The molecule has 0 unspecified atom stereocenters. The van der Waals surface area contributed by atoms with Gasteiger partial charge in [-0.25, -0.2) is 4.79 Å². The molecule has 0 aliphatic carbocycles. The first-order valence-corrected chi connectivity index (χ1v) is 8.63. The van der Waals surface area contributed by atoms with E-state index < -0.39 is 12.0 Å². The van der Waals surface area contributed by atoms with Crippen LogP contribution in [0.1, 0.15) is 34.6 Å². The highest BCUT2D eigenvalue weighted by molar-refractivity contribution is 6.05. The van der Waals surface area contributed by atoms with Crippen molar-refractivity contribution >= 4 is 17.6 Å². The molecule has 132 valence electrons. The topological polar surface area (TPSA) is 60.9 Å². The van der Waals surface area contributed by atoms with Crippen molar-refractivity contribution < 1.29 is 14.7 Å². The molecule has 1 heterocycles. The Morgan fingerprint density at radius 3 is 2.21 bits per heavy atom. The van der Waals surface area contributed by atoms with Crippen molar-refractivity contribution in [1.29, 1.82) is 0 Å². The van der Waals surface area contributed by atoms with E-state index in [1.54, 1.807) is 11.8 Å². The van der Waals surface area contributed by atoms with Crippen molar-refractivity contribution in [2.24, 2.45) is 17.8 Å². The molecule has 0 aromatic heterocycles. The SMILES string of the molecule is CC(C)[C@@H](O)[C@H](C)C(=O)N1C(=O)N(c2ccccc2)C[C@@H]1C(C)C. The van der Waals surface area contributed by atoms with Crippen molar-refractivity contribution in [2.75, 3.05) is 11.4 Å². The fourth-order valence-corrected chi connectivity index (χ4v) is 3.15. The van der Waals surface area contributed by atoms with Gasteiger partial charge in [0.05, 0.1) is 18.1 Å². The zero-order chi connectivity index (χ0) is 18.0. The summed E-state index contributed by atoms with van der Waals surface area (Å²) in [4.78, 5) is 28.8. The number of anilines is 1. The lowest BCUT2D eigenvalue weighted by atomic mass is 9.92. The fraction of sp³-hybridized carbons (Fsp3) is 0.579. The largest absolute Gasteiger partial charge is 0.392 e. The van der Waals surface area contributed by atoms with Crippen LogP contribution in [-0.2, 0) is 4.79 Å². The summed E-state index contributed by atoms with van der Waals surface area (Å²) in [5.41, 5.74) is 0.792. The molecule has 3 atom stereocenters. The molecule has 0 saturated carbocycles. The highest BCUT2D eigenvalue weighted by atomic mass is 16.3. The maximum Gasteiger partial charge on any atom is 0.331 e. The van der Waals surface area contributed by atoms with Gasteiger partial charge in [-0.1, -0.05) is 52.8 Å². The summed E-state index contributed by atoms with van der Waals surface area (Å²) >= 11 is 0. The lowest BCUT2D eigenvalue weighted by Crippen LogP contribution is -2.48. The molecule has 2 rings (SSSR count). The zero-order valence-corrected chi connectivity index (χ0v) is 15.1. The number of hydrogen-bond acceptors (Lipinski definition) is 3. The van der Waals surface area contributed by atoms with E-state index in [9.17, 15) is 14.7 Å². The van der Waals surface area contributed by atoms with E-state index in [4.69, 9.17) is 0 Å². The number of carbonyl (C=O) groups excluding carboxylic acids is 2. The lowest BCUT2D eigenvalue weighted by Gasteiger charge is -2.29. The molecule has 0 radical (unpaired) electrons. The number of aliphatic hydroxyl groups is 1. The molecule has 5 heteroatoms. The van der Waals surface area contributed by atoms with Gasteiger partial charge in [-0.05, 0) is 24.0 Å². The first kappa shape index (κ1) is 18.5. The van der Waals surface area contributed by atoms with Gasteiger partial charge in [0.2, 0.25) is 5.91 Å². The molecule has 1 N–H and O–H groups in total. The van der Waals surface area contributed by atoms with Crippen LogP contribution in [0.5, 0.6) is 0 Å². The molecule has 5 nitrogen and oxygen atoms in total. The van der Waals surface area contributed by atoms with Crippen molar-refractivity contribution in [3.05, 3.63) is 30.3 Å². The molecule has 1 aromatic carbocycles. The molecule has 0 bridgehead atoms. The van der Waals surface area contributed by atoms with Crippen molar-refractivity contribution in [3.8, 4) is 0 Å². The van der Waals surface area contributed by atoms with E-state index in [2.05, 4.69) is 0 Å². The van der Waals surface area contributed by atoms with Crippen molar-refractivity contribution in [1.82, 2.24) is 4.90 Å². The Labute approximate surface area is 144 Å². The number of rotatable bonds is 5. The van der Waals surface area contributed by atoms with Gasteiger partial charge >= 0.3 is 6.03 Å². The molecule has 1 saturated heterocycles. The van der Waals surface area contributed by atoms with Gasteiger partial charge in [0.1, 0.15) is 0 Å². The summed E-state index contributed by atoms with van der Waals surface area (Å²) in [5.74, 6) is -0.788. The monoisotopic (exact) mass is 332 g/mol. The number of carbonyl (C=O) groups is 2. The van der Waals surface area contributed by atoms with Crippen LogP contribution in [0, 0.1) is 17.8 Å². The molecular formula is C19H28N2O3. The van der Waals surface area contributed by atoms with Gasteiger partial charge in [-0.2, -0.15) is 0 Å². The molecule has 1 aromatic rings. The van der Waals surface area contributed by atoms with E-state index in [1.807, 2.05) is 58.0 Å². The fourth-order valence-electron chi connectivity index (χ4n) is 3.15. The van der Waals surface area contributed by atoms with Gasteiger partial charge < -0.3 is 5.11 Å². The van der Waals surface area contributed by atoms with Crippen LogP contribution in [0.25, 0.3) is 0 Å². The summed E-state index contributed by atoms with van der Waals surface area (Å²) in [5, 5.41) is 10.2. The summed E-state index contributed by atoms with van der Waals surface area (Å²) in [6, 6.07) is 8.91. The number of aliphatic hydroxyl groups excluding tert-OH is 1. The Hall–Kier alpha value is -1.88. The van der Waals surface area contributed by atoms with Crippen LogP contribution in [0.2, 0.25) is 0 Å². The van der Waals surface area contributed by atoms with Gasteiger partial charge in [0.15, 0.2) is 0 Å². The summed E-state index contributed by atoms with van der Waals surface area (Å²) in [6.45, 7) is 9.94. The number of imide groups is 1. The van der Waals surface area contributed by atoms with E-state index in [1.165, 1.54) is 4.90 Å². The third-order valence-corrected chi connectivity index (χ3v) is 4.80. The Morgan fingerprint density at radius 1 is 1.12 bits per heavy atom. The highest BCUT2D eigenvalue weighted by Gasteiger charge is 2.45. The molecule has 3 amide bonds. The third kappa shape index (κ3) is 3.46. The summed E-state index contributed by atoms with van der Waals surface area (Å²) in [6.07, 6.45) is -0.760. The summed E-state index contributed by atoms with van der Waals surface area (Å²) in [7, 11) is 0. The standard InChI is InChI=1S/C19H28N2O3/c1-12(2)16-11-20(15-9-7-6-8-10-15)19(24)21(16)18(23)14(5)17(22)13(3)4/h6-10,12-14,16-17,22H,11H2,1-5H3/t14-,16+,17+/m0/s1. The van der Waals surface area contributed by atoms with Crippen LogP contribution in [0.3, 0.4) is 0 Å². The molecule has 0 spiro atoms. The van der Waals surface area contributed by atoms with Crippen molar-refractivity contribution in [2.45, 2.75) is 46.8 Å². The van der Waals surface area contributed by atoms with Gasteiger partial charge in [0.25, 0.3) is 0 Å². The lowest BCUT2D eigenvalue weighted by molar-refractivity contribution is -0.137. The zero-order valence-electron chi connectivity index (χ0n) is 15.1. The number of benzene rings is 1. The van der Waals surface area contributed by atoms with E-state index >= 15 is 0 Å². The van der Waals surface area contributed by atoms with Crippen LogP contribution >= 0.6 is 0 Å². The Morgan fingerprint density at radius 2 is 1.71 bits per heavy atom. The molecule has 24 heavy (non-hydrogen) atoms. The minimum absolute atomic E-state index is 0.0376. The van der Waals surface area contributed by atoms with Crippen LogP contribution in [0.15, 0.2) is 30.3 Å². The van der Waals surface area contributed by atoms with Gasteiger partial charge in [0, 0.05) is 12.2 Å². The normalized spacial score (nSPS) is 20.8. The third-order valence-electron chi connectivity index (χ3n) is 4.80. The average Bonchev–Trinajstić information content (AvgIpc) is 2.91. The number of amides is 3. The minimum atomic E-state index is -0.760. The average molecular weight is 332 g/mol. The maximum absolute atomic E-state index is 12.9.